The summed E-state index contributed by atoms with van der Waals surface area (Å²) in [5.41, 5.74) is 0.599. The number of rotatable bonds is 10. The molecule has 0 saturated carbocycles. The quantitative estimate of drug-likeness (QED) is 0.227. The summed E-state index contributed by atoms with van der Waals surface area (Å²) in [5.74, 6) is -0.738. The van der Waals surface area contributed by atoms with Gasteiger partial charge < -0.3 is 9.47 Å². The molecule has 3 aromatic rings. The average molecular weight is 500 g/mol. The third-order valence-corrected chi connectivity index (χ3v) is 6.95. The second-order valence-corrected chi connectivity index (χ2v) is 9.30. The molecule has 0 atom stereocenters. The Balaban J connectivity index is 1.86. The Kier molecular flexibility index (Phi) is 8.09. The maximum Gasteiger partial charge on any atom is 0.340 e. The van der Waals surface area contributed by atoms with Crippen LogP contribution in [0, 0.1) is 0 Å². The minimum Gasteiger partial charge on any atom is -0.497 e. The third-order valence-electron chi connectivity index (χ3n) is 4.83. The normalized spacial score (nSPS) is 10.9. The van der Waals surface area contributed by atoms with Gasteiger partial charge in [-0.25, -0.2) is 13.2 Å². The number of halogens is 1. The number of Topliss-reactive ketones (excluding diaryl/α,β-unsaturated/α-hetero) is 1. The fourth-order valence-corrected chi connectivity index (χ4v) is 4.73. The Morgan fingerprint density at radius 3 is 2.32 bits per heavy atom. The van der Waals surface area contributed by atoms with E-state index in [0.717, 1.165) is 10.4 Å². The first-order chi connectivity index (χ1) is 16.3. The number of benzene rings is 3. The highest BCUT2D eigenvalue weighted by molar-refractivity contribution is 7.92. The number of methoxy groups -OCH3 is 1. The summed E-state index contributed by atoms with van der Waals surface area (Å²) < 4.78 is 38.2. The van der Waals surface area contributed by atoms with Crippen molar-refractivity contribution in [2.75, 3.05) is 24.6 Å². The number of carbonyl (C=O) groups excluding carboxylic acids is 2. The molecule has 0 aliphatic carbocycles. The molecule has 176 valence electrons. The molecule has 9 heteroatoms. The van der Waals surface area contributed by atoms with Crippen molar-refractivity contribution in [1.29, 1.82) is 0 Å². The zero-order valence-corrected chi connectivity index (χ0v) is 19.9. The van der Waals surface area contributed by atoms with Crippen molar-refractivity contribution in [3.63, 3.8) is 0 Å². The standard InChI is InChI=1S/C25H22ClNO6S/c1-3-15-27(19-9-11-20(32-2)12-10-19)34(30,31)21-13-14-23(26)22(16-21)25(29)33-17-24(28)18-7-5-4-6-8-18/h3-14,16H,1,15,17H2,2H3. The van der Waals surface area contributed by atoms with Crippen molar-refractivity contribution in [3.8, 4) is 5.75 Å². The number of hydrogen-bond acceptors (Lipinski definition) is 6. The van der Waals surface area contributed by atoms with Gasteiger partial charge in [-0.3, -0.25) is 9.10 Å². The van der Waals surface area contributed by atoms with Crippen LogP contribution in [0.15, 0.2) is 90.3 Å². The minimum absolute atomic E-state index is 0.00386. The summed E-state index contributed by atoms with van der Waals surface area (Å²) >= 11 is 6.14. The molecule has 0 aliphatic heterocycles. The van der Waals surface area contributed by atoms with E-state index in [0.29, 0.717) is 17.0 Å². The second-order valence-electron chi connectivity index (χ2n) is 7.03. The first kappa shape index (κ1) is 25.0. The zero-order chi connectivity index (χ0) is 24.7. The molecule has 0 unspecified atom stereocenters. The molecule has 3 aromatic carbocycles. The first-order valence-corrected chi connectivity index (χ1v) is 11.9. The molecule has 0 aliphatic rings. The predicted molar refractivity (Wildman–Crippen MR) is 130 cm³/mol. The van der Waals surface area contributed by atoms with Gasteiger partial charge in [-0.05, 0) is 42.5 Å². The molecular weight excluding hydrogens is 478 g/mol. The van der Waals surface area contributed by atoms with Crippen LogP contribution >= 0.6 is 11.6 Å². The van der Waals surface area contributed by atoms with Crippen molar-refractivity contribution in [3.05, 3.63) is 102 Å². The summed E-state index contributed by atoms with van der Waals surface area (Å²) in [7, 11) is -2.59. The lowest BCUT2D eigenvalue weighted by atomic mass is 10.1. The Labute approximate surface area is 203 Å². The number of ketones is 1. The van der Waals surface area contributed by atoms with E-state index >= 15 is 0 Å². The summed E-state index contributed by atoms with van der Waals surface area (Å²) in [5, 5.41) is -0.00386. The van der Waals surface area contributed by atoms with Crippen molar-refractivity contribution in [2.24, 2.45) is 0 Å². The molecule has 3 rings (SSSR count). The van der Waals surface area contributed by atoms with Gasteiger partial charge in [0.15, 0.2) is 12.4 Å². The number of hydrogen-bond donors (Lipinski definition) is 0. The van der Waals surface area contributed by atoms with E-state index < -0.39 is 28.4 Å². The lowest BCUT2D eigenvalue weighted by molar-refractivity contribution is 0.0474. The third kappa shape index (κ3) is 5.65. The molecule has 0 heterocycles. The largest absolute Gasteiger partial charge is 0.497 e. The van der Waals surface area contributed by atoms with Crippen LogP contribution in [-0.4, -0.2) is 40.4 Å². The van der Waals surface area contributed by atoms with Crippen LogP contribution in [0.2, 0.25) is 5.02 Å². The number of ether oxygens (including phenoxy) is 2. The highest BCUT2D eigenvalue weighted by Crippen LogP contribution is 2.28. The Morgan fingerprint density at radius 1 is 1.03 bits per heavy atom. The van der Waals surface area contributed by atoms with Crippen LogP contribution in [0.3, 0.4) is 0 Å². The number of esters is 1. The molecule has 0 fully saturated rings. The number of carbonyl (C=O) groups is 2. The average Bonchev–Trinajstić information content (AvgIpc) is 2.86. The molecular formula is C25H22ClNO6S. The minimum atomic E-state index is -4.09. The molecule has 0 N–H and O–H groups in total. The molecule has 0 amide bonds. The van der Waals surface area contributed by atoms with Crippen molar-refractivity contribution < 1.29 is 27.5 Å². The lowest BCUT2D eigenvalue weighted by Crippen LogP contribution is -2.31. The molecule has 0 bridgehead atoms. The molecule has 0 aromatic heterocycles. The summed E-state index contributed by atoms with van der Waals surface area (Å²) in [4.78, 5) is 24.7. The van der Waals surface area contributed by atoms with Gasteiger partial charge in [-0.2, -0.15) is 0 Å². The Bertz CT molecular complexity index is 1290. The van der Waals surface area contributed by atoms with E-state index in [4.69, 9.17) is 21.1 Å². The van der Waals surface area contributed by atoms with Crippen LogP contribution in [0.4, 0.5) is 5.69 Å². The summed E-state index contributed by atoms with van der Waals surface area (Å²) in [6.07, 6.45) is 1.45. The van der Waals surface area contributed by atoms with E-state index in [9.17, 15) is 18.0 Å². The smallest absolute Gasteiger partial charge is 0.340 e. The van der Waals surface area contributed by atoms with E-state index in [2.05, 4.69) is 6.58 Å². The highest BCUT2D eigenvalue weighted by atomic mass is 35.5. The zero-order valence-electron chi connectivity index (χ0n) is 18.3. The second kappa shape index (κ2) is 11.0. The SMILES string of the molecule is C=CCN(c1ccc(OC)cc1)S(=O)(=O)c1ccc(Cl)c(C(=O)OCC(=O)c2ccccc2)c1. The van der Waals surface area contributed by atoms with Crippen LogP contribution < -0.4 is 9.04 Å². The van der Waals surface area contributed by atoms with Gasteiger partial charge in [-0.15, -0.1) is 6.58 Å². The van der Waals surface area contributed by atoms with Crippen LogP contribution in [0.1, 0.15) is 20.7 Å². The summed E-state index contributed by atoms with van der Waals surface area (Å²) in [6.45, 7) is 3.11. The highest BCUT2D eigenvalue weighted by Gasteiger charge is 2.26. The van der Waals surface area contributed by atoms with E-state index in [1.54, 1.807) is 54.6 Å². The van der Waals surface area contributed by atoms with Gasteiger partial charge in [0, 0.05) is 5.56 Å². The van der Waals surface area contributed by atoms with Crippen molar-refractivity contribution in [1.82, 2.24) is 0 Å². The van der Waals surface area contributed by atoms with Crippen molar-refractivity contribution >= 4 is 39.1 Å². The molecule has 34 heavy (non-hydrogen) atoms. The van der Waals surface area contributed by atoms with Gasteiger partial charge in [-0.1, -0.05) is 48.0 Å². The number of nitrogens with zero attached hydrogens (tertiary/aromatic N) is 1. The van der Waals surface area contributed by atoms with E-state index in [1.165, 1.54) is 25.3 Å². The molecule has 0 radical (unpaired) electrons. The monoisotopic (exact) mass is 499 g/mol. The topological polar surface area (TPSA) is 90.0 Å². The van der Waals surface area contributed by atoms with Crippen LogP contribution in [-0.2, 0) is 14.8 Å². The fourth-order valence-electron chi connectivity index (χ4n) is 3.07. The lowest BCUT2D eigenvalue weighted by Gasteiger charge is -2.23. The van der Waals surface area contributed by atoms with Gasteiger partial charge in [0.05, 0.1) is 34.8 Å². The molecule has 7 nitrogen and oxygen atoms in total. The van der Waals surface area contributed by atoms with Gasteiger partial charge in [0.1, 0.15) is 5.75 Å². The summed E-state index contributed by atoms with van der Waals surface area (Å²) in [6, 6.07) is 18.5. The number of anilines is 1. The van der Waals surface area contributed by atoms with Gasteiger partial charge in [0.25, 0.3) is 10.0 Å². The molecule has 0 spiro atoms. The van der Waals surface area contributed by atoms with E-state index in [-0.39, 0.29) is 22.0 Å². The Hall–Kier alpha value is -3.62. The maximum absolute atomic E-state index is 13.4. The Morgan fingerprint density at radius 2 is 1.71 bits per heavy atom. The van der Waals surface area contributed by atoms with E-state index in [1.807, 2.05) is 0 Å². The predicted octanol–water partition coefficient (Wildman–Crippen LogP) is 4.77. The molecule has 0 saturated heterocycles. The van der Waals surface area contributed by atoms with Gasteiger partial charge in [0.2, 0.25) is 0 Å². The van der Waals surface area contributed by atoms with Crippen molar-refractivity contribution in [2.45, 2.75) is 4.90 Å². The van der Waals surface area contributed by atoms with Gasteiger partial charge >= 0.3 is 5.97 Å². The van der Waals surface area contributed by atoms with Crippen LogP contribution in [0.25, 0.3) is 0 Å². The maximum atomic E-state index is 13.4. The number of sulfonamides is 1. The van der Waals surface area contributed by atoms with Crippen LogP contribution in [0.5, 0.6) is 5.75 Å². The first-order valence-electron chi connectivity index (χ1n) is 10.1. The fraction of sp³-hybridized carbons (Fsp3) is 0.120.